The molecule has 5 nitrogen and oxygen atoms in total. The summed E-state index contributed by atoms with van der Waals surface area (Å²) >= 11 is 0. The third-order valence-electron chi connectivity index (χ3n) is 4.72. The highest BCUT2D eigenvalue weighted by Crippen LogP contribution is 2.36. The van der Waals surface area contributed by atoms with Gasteiger partial charge >= 0.3 is 0 Å². The van der Waals surface area contributed by atoms with Gasteiger partial charge in [0.2, 0.25) is 0 Å². The topological polar surface area (TPSA) is 68.9 Å². The van der Waals surface area contributed by atoms with E-state index in [2.05, 4.69) is 4.57 Å². The van der Waals surface area contributed by atoms with E-state index in [4.69, 9.17) is 5.11 Å². The summed E-state index contributed by atoms with van der Waals surface area (Å²) in [6.45, 7) is 1.57. The largest absolute Gasteiger partial charge is 0.395 e. The number of anilines is 1. The van der Waals surface area contributed by atoms with Crippen LogP contribution >= 0.6 is 0 Å². The molecule has 0 atom stereocenters. The van der Waals surface area contributed by atoms with Crippen molar-refractivity contribution in [2.24, 2.45) is 0 Å². The lowest BCUT2D eigenvalue weighted by Crippen LogP contribution is -2.20. The molecule has 3 rings (SSSR count). The molecule has 0 fully saturated rings. The van der Waals surface area contributed by atoms with Crippen LogP contribution in [0.2, 0.25) is 0 Å². The highest BCUT2D eigenvalue weighted by atomic mass is 16.3. The third-order valence-corrected chi connectivity index (χ3v) is 4.72. The van der Waals surface area contributed by atoms with Crippen molar-refractivity contribution in [2.75, 3.05) is 25.1 Å². The lowest BCUT2D eigenvalue weighted by atomic mass is 10.0. The standard InChI is InChI=1S/C18H24N2O3/c1-19(9-10-21)14-6-4-13(5-7-14)18-16(12-23)15(11-22)17-3-2-8-20(17)18/h4-7,21-23H,2-3,8-12H2,1H3. The quantitative estimate of drug-likeness (QED) is 0.756. The molecule has 0 radical (unpaired) electrons. The molecule has 0 saturated carbocycles. The number of likely N-dealkylation sites (N-methyl/N-ethyl adjacent to an activating group) is 1. The summed E-state index contributed by atoms with van der Waals surface area (Å²) in [5.74, 6) is 0. The van der Waals surface area contributed by atoms with Crippen molar-refractivity contribution in [2.45, 2.75) is 32.6 Å². The van der Waals surface area contributed by atoms with E-state index in [1.807, 2.05) is 36.2 Å². The first-order valence-corrected chi connectivity index (χ1v) is 8.08. The molecule has 124 valence electrons. The van der Waals surface area contributed by atoms with Crippen molar-refractivity contribution in [1.82, 2.24) is 4.57 Å². The predicted octanol–water partition coefficient (Wildman–Crippen LogP) is 1.51. The number of aliphatic hydroxyl groups is 3. The van der Waals surface area contributed by atoms with Crippen LogP contribution in [0.15, 0.2) is 24.3 Å². The average Bonchev–Trinajstić information content (AvgIpc) is 3.14. The molecule has 0 saturated heterocycles. The molecule has 3 N–H and O–H groups in total. The minimum absolute atomic E-state index is 0.0252. The van der Waals surface area contributed by atoms with Gasteiger partial charge in [0, 0.05) is 42.6 Å². The Bertz CT molecular complexity index is 677. The summed E-state index contributed by atoms with van der Waals surface area (Å²) in [6.07, 6.45) is 2.04. The number of hydrogen-bond acceptors (Lipinski definition) is 4. The Morgan fingerprint density at radius 2 is 1.74 bits per heavy atom. The van der Waals surface area contributed by atoms with Gasteiger partial charge in [0.15, 0.2) is 0 Å². The first-order chi connectivity index (χ1) is 11.2. The Morgan fingerprint density at radius 1 is 1.04 bits per heavy atom. The van der Waals surface area contributed by atoms with Crippen molar-refractivity contribution in [1.29, 1.82) is 0 Å². The number of aromatic nitrogens is 1. The van der Waals surface area contributed by atoms with E-state index in [0.29, 0.717) is 6.54 Å². The highest BCUT2D eigenvalue weighted by molar-refractivity contribution is 5.70. The van der Waals surface area contributed by atoms with E-state index < -0.39 is 0 Å². The van der Waals surface area contributed by atoms with E-state index in [-0.39, 0.29) is 19.8 Å². The molecule has 2 heterocycles. The maximum atomic E-state index is 9.80. The fourth-order valence-corrected chi connectivity index (χ4v) is 3.56. The zero-order valence-corrected chi connectivity index (χ0v) is 13.5. The second-order valence-electron chi connectivity index (χ2n) is 6.02. The predicted molar refractivity (Wildman–Crippen MR) is 90.4 cm³/mol. The fraction of sp³-hybridized carbons (Fsp3) is 0.444. The molecule has 1 aromatic carbocycles. The van der Waals surface area contributed by atoms with Crippen LogP contribution in [0.25, 0.3) is 11.3 Å². The summed E-state index contributed by atoms with van der Waals surface area (Å²) in [5, 5.41) is 28.5. The van der Waals surface area contributed by atoms with Crippen LogP contribution in [0.1, 0.15) is 23.2 Å². The van der Waals surface area contributed by atoms with Crippen LogP contribution in [0.4, 0.5) is 5.69 Å². The monoisotopic (exact) mass is 316 g/mol. The van der Waals surface area contributed by atoms with Crippen LogP contribution < -0.4 is 4.90 Å². The van der Waals surface area contributed by atoms with Crippen LogP contribution in [0.5, 0.6) is 0 Å². The van der Waals surface area contributed by atoms with Crippen LogP contribution in [0, 0.1) is 0 Å². The van der Waals surface area contributed by atoms with Gasteiger partial charge in [-0.15, -0.1) is 0 Å². The molecule has 1 aliphatic rings. The number of hydrogen-bond donors (Lipinski definition) is 3. The molecular weight excluding hydrogens is 292 g/mol. The van der Waals surface area contributed by atoms with Gasteiger partial charge < -0.3 is 24.8 Å². The van der Waals surface area contributed by atoms with E-state index in [0.717, 1.165) is 53.2 Å². The fourth-order valence-electron chi connectivity index (χ4n) is 3.56. The van der Waals surface area contributed by atoms with E-state index in [1.165, 1.54) is 0 Å². The lowest BCUT2D eigenvalue weighted by Gasteiger charge is -2.18. The van der Waals surface area contributed by atoms with E-state index in [9.17, 15) is 10.2 Å². The summed E-state index contributed by atoms with van der Waals surface area (Å²) in [7, 11) is 1.95. The Hall–Kier alpha value is -1.82. The number of nitrogens with zero attached hydrogens (tertiary/aromatic N) is 2. The molecular formula is C18H24N2O3. The van der Waals surface area contributed by atoms with Crippen LogP contribution in [-0.4, -0.2) is 40.1 Å². The van der Waals surface area contributed by atoms with Crippen molar-refractivity contribution in [3.63, 3.8) is 0 Å². The van der Waals surface area contributed by atoms with Gasteiger partial charge in [-0.05, 0) is 30.5 Å². The number of fused-ring (bicyclic) bond motifs is 1. The first-order valence-electron chi connectivity index (χ1n) is 8.08. The minimum Gasteiger partial charge on any atom is -0.395 e. The Morgan fingerprint density at radius 3 is 2.35 bits per heavy atom. The molecule has 0 aliphatic carbocycles. The van der Waals surface area contributed by atoms with Gasteiger partial charge in [-0.25, -0.2) is 0 Å². The normalized spacial score (nSPS) is 13.4. The maximum Gasteiger partial charge on any atom is 0.0706 e. The number of aliphatic hydroxyl groups excluding tert-OH is 3. The Labute approximate surface area is 136 Å². The van der Waals surface area contributed by atoms with Crippen LogP contribution in [0.3, 0.4) is 0 Å². The molecule has 1 aliphatic heterocycles. The van der Waals surface area contributed by atoms with Crippen molar-refractivity contribution in [3.8, 4) is 11.3 Å². The molecule has 0 bridgehead atoms. The van der Waals surface area contributed by atoms with Crippen LogP contribution in [-0.2, 0) is 26.2 Å². The summed E-state index contributed by atoms with van der Waals surface area (Å²) < 4.78 is 2.24. The zero-order valence-electron chi connectivity index (χ0n) is 13.5. The molecule has 5 heteroatoms. The van der Waals surface area contributed by atoms with Gasteiger partial charge in [0.1, 0.15) is 0 Å². The van der Waals surface area contributed by atoms with Gasteiger partial charge in [0.25, 0.3) is 0 Å². The second-order valence-corrected chi connectivity index (χ2v) is 6.02. The van der Waals surface area contributed by atoms with Crippen molar-refractivity contribution in [3.05, 3.63) is 41.1 Å². The maximum absolute atomic E-state index is 9.80. The minimum atomic E-state index is -0.0581. The molecule has 1 aromatic heterocycles. The van der Waals surface area contributed by atoms with Gasteiger partial charge in [0.05, 0.1) is 25.5 Å². The SMILES string of the molecule is CN(CCO)c1ccc(-c2c(CO)c(CO)c3n2CCC3)cc1. The van der Waals surface area contributed by atoms with E-state index >= 15 is 0 Å². The molecule has 0 amide bonds. The Balaban J connectivity index is 2.02. The highest BCUT2D eigenvalue weighted by Gasteiger charge is 2.25. The number of benzene rings is 1. The smallest absolute Gasteiger partial charge is 0.0706 e. The molecule has 0 spiro atoms. The van der Waals surface area contributed by atoms with Crippen molar-refractivity contribution < 1.29 is 15.3 Å². The molecule has 2 aromatic rings. The molecule has 23 heavy (non-hydrogen) atoms. The van der Waals surface area contributed by atoms with E-state index in [1.54, 1.807) is 0 Å². The molecule has 0 unspecified atom stereocenters. The zero-order chi connectivity index (χ0) is 16.4. The Kier molecular flexibility index (Phi) is 4.71. The number of rotatable bonds is 6. The first kappa shape index (κ1) is 16.1. The summed E-state index contributed by atoms with van der Waals surface area (Å²) in [4.78, 5) is 2.00. The summed E-state index contributed by atoms with van der Waals surface area (Å²) in [5.41, 5.74) is 6.02. The van der Waals surface area contributed by atoms with Gasteiger partial charge in [-0.2, -0.15) is 0 Å². The second kappa shape index (κ2) is 6.74. The van der Waals surface area contributed by atoms with Gasteiger partial charge in [-0.1, -0.05) is 12.1 Å². The third kappa shape index (κ3) is 2.76. The lowest BCUT2D eigenvalue weighted by molar-refractivity contribution is 0.260. The van der Waals surface area contributed by atoms with Gasteiger partial charge in [-0.3, -0.25) is 0 Å². The van der Waals surface area contributed by atoms with Crippen molar-refractivity contribution >= 4 is 5.69 Å². The summed E-state index contributed by atoms with van der Waals surface area (Å²) in [6, 6.07) is 8.15. The average molecular weight is 316 g/mol.